The highest BCUT2D eigenvalue weighted by molar-refractivity contribution is 9.10. The lowest BCUT2D eigenvalue weighted by Crippen LogP contribution is -2.23. The Morgan fingerprint density at radius 1 is 1.33 bits per heavy atom. The van der Waals surface area contributed by atoms with Crippen LogP contribution in [-0.2, 0) is 0 Å². The van der Waals surface area contributed by atoms with Crippen LogP contribution in [-0.4, -0.2) is 11.1 Å². The number of nitrogens with zero attached hydrogens (tertiary/aromatic N) is 1. The minimum absolute atomic E-state index is 0.364. The second kappa shape index (κ2) is 4.97. The molecule has 1 aromatic rings. The molecule has 1 heterocycles. The molecule has 1 fully saturated rings. The molecule has 0 N–H and O–H groups in total. The quantitative estimate of drug-likeness (QED) is 0.815. The van der Waals surface area contributed by atoms with Gasteiger partial charge in [-0.25, -0.2) is 4.98 Å². The molecule has 1 saturated carbocycles. The molecule has 0 saturated heterocycles. The van der Waals surface area contributed by atoms with E-state index in [2.05, 4.69) is 27.8 Å². The number of hydrogen-bond donors (Lipinski definition) is 0. The summed E-state index contributed by atoms with van der Waals surface area (Å²) >= 11 is 3.42. The molecule has 82 valence electrons. The van der Waals surface area contributed by atoms with Crippen molar-refractivity contribution < 1.29 is 4.74 Å². The van der Waals surface area contributed by atoms with Crippen LogP contribution in [0.4, 0.5) is 0 Å². The van der Waals surface area contributed by atoms with E-state index < -0.39 is 0 Å². The summed E-state index contributed by atoms with van der Waals surface area (Å²) in [6, 6.07) is 3.84. The summed E-state index contributed by atoms with van der Waals surface area (Å²) in [4.78, 5) is 4.20. The molecule has 0 aliphatic heterocycles. The summed E-state index contributed by atoms with van der Waals surface area (Å²) < 4.78 is 6.87. The van der Waals surface area contributed by atoms with Crippen LogP contribution >= 0.6 is 15.9 Å². The lowest BCUT2D eigenvalue weighted by Gasteiger charge is -2.26. The van der Waals surface area contributed by atoms with Gasteiger partial charge in [-0.3, -0.25) is 0 Å². The van der Waals surface area contributed by atoms with Gasteiger partial charge in [0.2, 0.25) is 5.88 Å². The Hall–Kier alpha value is -0.570. The van der Waals surface area contributed by atoms with Gasteiger partial charge < -0.3 is 4.74 Å². The van der Waals surface area contributed by atoms with Gasteiger partial charge >= 0.3 is 0 Å². The first kappa shape index (κ1) is 10.9. The Morgan fingerprint density at radius 3 is 2.73 bits per heavy atom. The van der Waals surface area contributed by atoms with Crippen LogP contribution in [0.15, 0.2) is 22.8 Å². The summed E-state index contributed by atoms with van der Waals surface area (Å²) in [7, 11) is 0. The number of ether oxygens (including phenoxy) is 1. The van der Waals surface area contributed by atoms with E-state index in [1.54, 1.807) is 6.20 Å². The Kier molecular flexibility index (Phi) is 3.62. The van der Waals surface area contributed by atoms with E-state index in [9.17, 15) is 0 Å². The highest BCUT2D eigenvalue weighted by Gasteiger charge is 2.19. The molecule has 0 atom stereocenters. The van der Waals surface area contributed by atoms with E-state index in [0.717, 1.165) is 29.1 Å². The van der Waals surface area contributed by atoms with Crippen molar-refractivity contribution in [1.82, 2.24) is 4.98 Å². The molecule has 15 heavy (non-hydrogen) atoms. The second-order valence-corrected chi connectivity index (χ2v) is 5.23. The molecule has 0 amide bonds. The monoisotopic (exact) mass is 269 g/mol. The van der Waals surface area contributed by atoms with E-state index >= 15 is 0 Å². The van der Waals surface area contributed by atoms with Crippen LogP contribution in [0.1, 0.15) is 32.6 Å². The summed E-state index contributed by atoms with van der Waals surface area (Å²) in [6.45, 7) is 2.31. The largest absolute Gasteiger partial charge is 0.474 e. The molecular formula is C12H16BrNO. The van der Waals surface area contributed by atoms with Gasteiger partial charge in [-0.2, -0.15) is 0 Å². The van der Waals surface area contributed by atoms with Gasteiger partial charge in [-0.05, 0) is 37.7 Å². The highest BCUT2D eigenvalue weighted by atomic mass is 79.9. The van der Waals surface area contributed by atoms with Gasteiger partial charge in [-0.1, -0.05) is 22.9 Å². The van der Waals surface area contributed by atoms with E-state index in [1.165, 1.54) is 12.8 Å². The predicted molar refractivity (Wildman–Crippen MR) is 64.0 cm³/mol. The van der Waals surface area contributed by atoms with Crippen LogP contribution in [0, 0.1) is 5.92 Å². The Morgan fingerprint density at radius 2 is 2.07 bits per heavy atom. The first-order valence-corrected chi connectivity index (χ1v) is 6.31. The van der Waals surface area contributed by atoms with E-state index in [-0.39, 0.29) is 0 Å². The Balaban J connectivity index is 1.92. The third-order valence-corrected chi connectivity index (χ3v) is 3.44. The summed E-state index contributed by atoms with van der Waals surface area (Å²) in [5.74, 6) is 1.60. The average molecular weight is 270 g/mol. The van der Waals surface area contributed by atoms with Crippen molar-refractivity contribution >= 4 is 15.9 Å². The normalized spacial score (nSPS) is 26.3. The number of rotatable bonds is 2. The summed E-state index contributed by atoms with van der Waals surface area (Å²) in [5.41, 5.74) is 0. The fourth-order valence-electron chi connectivity index (χ4n) is 1.97. The third-order valence-electron chi connectivity index (χ3n) is 2.95. The van der Waals surface area contributed by atoms with Gasteiger partial charge in [0.25, 0.3) is 0 Å². The zero-order chi connectivity index (χ0) is 10.7. The van der Waals surface area contributed by atoms with E-state index in [4.69, 9.17) is 4.74 Å². The maximum Gasteiger partial charge on any atom is 0.214 e. The molecular weight excluding hydrogens is 254 g/mol. The lowest BCUT2D eigenvalue weighted by atomic mass is 9.89. The average Bonchev–Trinajstić information content (AvgIpc) is 2.22. The van der Waals surface area contributed by atoms with Crippen molar-refractivity contribution in [3.8, 4) is 5.88 Å². The molecule has 2 rings (SSSR count). The number of pyridine rings is 1. The number of halogens is 1. The van der Waals surface area contributed by atoms with Gasteiger partial charge in [0.15, 0.2) is 0 Å². The smallest absolute Gasteiger partial charge is 0.214 e. The first-order chi connectivity index (χ1) is 7.24. The maximum absolute atomic E-state index is 5.84. The zero-order valence-corrected chi connectivity index (χ0v) is 10.5. The number of hydrogen-bond acceptors (Lipinski definition) is 2. The molecule has 3 heteroatoms. The lowest BCUT2D eigenvalue weighted by molar-refractivity contribution is 0.130. The molecule has 1 aromatic heterocycles. The van der Waals surface area contributed by atoms with Gasteiger partial charge in [0.05, 0.1) is 0 Å². The van der Waals surface area contributed by atoms with Crippen LogP contribution in [0.25, 0.3) is 0 Å². The standard InChI is InChI=1S/C12H16BrNO/c1-9-2-4-11(5-3-9)15-12-8-10(13)6-7-14-12/h6-9,11H,2-5H2,1H3. The fourth-order valence-corrected chi connectivity index (χ4v) is 2.28. The molecule has 0 radical (unpaired) electrons. The molecule has 0 unspecified atom stereocenters. The molecule has 1 aliphatic carbocycles. The predicted octanol–water partition coefficient (Wildman–Crippen LogP) is 3.80. The van der Waals surface area contributed by atoms with Crippen LogP contribution in [0.3, 0.4) is 0 Å². The maximum atomic E-state index is 5.84. The van der Waals surface area contributed by atoms with Crippen LogP contribution in [0.2, 0.25) is 0 Å². The van der Waals surface area contributed by atoms with E-state index in [1.807, 2.05) is 12.1 Å². The zero-order valence-electron chi connectivity index (χ0n) is 8.95. The van der Waals surface area contributed by atoms with Gasteiger partial charge in [0.1, 0.15) is 6.10 Å². The molecule has 0 spiro atoms. The summed E-state index contributed by atoms with van der Waals surface area (Å²) in [6.07, 6.45) is 7.01. The van der Waals surface area contributed by atoms with Crippen molar-refractivity contribution in [2.45, 2.75) is 38.7 Å². The fraction of sp³-hybridized carbons (Fsp3) is 0.583. The molecule has 0 aromatic carbocycles. The molecule has 0 bridgehead atoms. The van der Waals surface area contributed by atoms with Crippen molar-refractivity contribution in [2.75, 3.05) is 0 Å². The van der Waals surface area contributed by atoms with Gasteiger partial charge in [-0.15, -0.1) is 0 Å². The minimum Gasteiger partial charge on any atom is -0.474 e. The second-order valence-electron chi connectivity index (χ2n) is 4.31. The first-order valence-electron chi connectivity index (χ1n) is 5.52. The van der Waals surface area contributed by atoms with Crippen molar-refractivity contribution in [3.63, 3.8) is 0 Å². The SMILES string of the molecule is CC1CCC(Oc2cc(Br)ccn2)CC1. The molecule has 2 nitrogen and oxygen atoms in total. The van der Waals surface area contributed by atoms with Crippen molar-refractivity contribution in [3.05, 3.63) is 22.8 Å². The highest BCUT2D eigenvalue weighted by Crippen LogP contribution is 2.27. The van der Waals surface area contributed by atoms with E-state index in [0.29, 0.717) is 6.10 Å². The summed E-state index contributed by atoms with van der Waals surface area (Å²) in [5, 5.41) is 0. The molecule has 1 aliphatic rings. The topological polar surface area (TPSA) is 22.1 Å². The van der Waals surface area contributed by atoms with Crippen LogP contribution < -0.4 is 4.74 Å². The Bertz CT molecular complexity index is 321. The van der Waals surface area contributed by atoms with Crippen molar-refractivity contribution in [1.29, 1.82) is 0 Å². The van der Waals surface area contributed by atoms with Crippen molar-refractivity contribution in [2.24, 2.45) is 5.92 Å². The van der Waals surface area contributed by atoms with Crippen LogP contribution in [0.5, 0.6) is 5.88 Å². The Labute approximate surface area is 99.2 Å². The third kappa shape index (κ3) is 3.20. The number of aromatic nitrogens is 1. The minimum atomic E-state index is 0.364. The van der Waals surface area contributed by atoms with Gasteiger partial charge in [0, 0.05) is 16.7 Å².